The molecule has 0 aliphatic rings. The van der Waals surface area contributed by atoms with Gasteiger partial charge in [-0.1, -0.05) is 13.8 Å². The van der Waals surface area contributed by atoms with Gasteiger partial charge in [0.15, 0.2) is 10.8 Å². The van der Waals surface area contributed by atoms with Gasteiger partial charge in [-0.25, -0.2) is 4.98 Å². The van der Waals surface area contributed by atoms with Crippen LogP contribution in [-0.2, 0) is 6.54 Å². The van der Waals surface area contributed by atoms with Gasteiger partial charge in [0.05, 0.1) is 12.3 Å². The van der Waals surface area contributed by atoms with Crippen LogP contribution in [0.2, 0.25) is 0 Å². The molecule has 106 valence electrons. The molecular weight excluding hydrogens is 260 g/mol. The number of hydrogen-bond donors (Lipinski definition) is 2. The number of aliphatic hydroxyl groups is 1. The standard InChI is InChI=1S/C13H22N4OS/c1-3-10(4-2)16(5-7-18)12-11(9-14)17-6-8-19-13(17)15-12/h6,8,10,18H,3-5,7,9,14H2,1-2H3. The number of hydrogen-bond acceptors (Lipinski definition) is 5. The van der Waals surface area contributed by atoms with Gasteiger partial charge < -0.3 is 15.7 Å². The van der Waals surface area contributed by atoms with E-state index in [1.54, 1.807) is 11.3 Å². The molecule has 0 bridgehead atoms. The van der Waals surface area contributed by atoms with Gasteiger partial charge in [-0.2, -0.15) is 0 Å². The predicted molar refractivity (Wildman–Crippen MR) is 79.8 cm³/mol. The summed E-state index contributed by atoms with van der Waals surface area (Å²) in [5.74, 6) is 0.928. The monoisotopic (exact) mass is 282 g/mol. The van der Waals surface area contributed by atoms with Gasteiger partial charge in [0.2, 0.25) is 0 Å². The highest BCUT2D eigenvalue weighted by atomic mass is 32.1. The molecule has 0 aromatic carbocycles. The van der Waals surface area contributed by atoms with E-state index in [0.717, 1.165) is 29.3 Å². The Bertz CT molecular complexity index is 518. The molecule has 3 N–H and O–H groups in total. The Morgan fingerprint density at radius 3 is 2.79 bits per heavy atom. The highest BCUT2D eigenvalue weighted by molar-refractivity contribution is 7.15. The molecule has 0 saturated carbocycles. The van der Waals surface area contributed by atoms with Gasteiger partial charge >= 0.3 is 0 Å². The molecule has 2 heterocycles. The molecule has 0 fully saturated rings. The molecular formula is C13H22N4OS. The van der Waals surface area contributed by atoms with Crippen LogP contribution in [0.5, 0.6) is 0 Å². The van der Waals surface area contributed by atoms with Gasteiger partial charge in [0, 0.05) is 30.7 Å². The average Bonchev–Trinajstić information content (AvgIpc) is 2.98. The molecule has 19 heavy (non-hydrogen) atoms. The summed E-state index contributed by atoms with van der Waals surface area (Å²) in [7, 11) is 0. The quantitative estimate of drug-likeness (QED) is 0.813. The van der Waals surface area contributed by atoms with Crippen molar-refractivity contribution in [1.29, 1.82) is 0 Å². The van der Waals surface area contributed by atoms with Crippen molar-refractivity contribution < 1.29 is 5.11 Å². The molecule has 0 radical (unpaired) electrons. The number of fused-ring (bicyclic) bond motifs is 1. The first-order valence-corrected chi connectivity index (χ1v) is 7.66. The first kappa shape index (κ1) is 14.3. The van der Waals surface area contributed by atoms with Crippen LogP contribution < -0.4 is 10.6 Å². The Morgan fingerprint density at radius 1 is 1.47 bits per heavy atom. The fourth-order valence-electron chi connectivity index (χ4n) is 2.54. The van der Waals surface area contributed by atoms with Crippen molar-refractivity contribution in [3.63, 3.8) is 0 Å². The lowest BCUT2D eigenvalue weighted by atomic mass is 10.1. The van der Waals surface area contributed by atoms with Crippen molar-refractivity contribution in [2.24, 2.45) is 5.73 Å². The van der Waals surface area contributed by atoms with Crippen LogP contribution in [0.4, 0.5) is 5.82 Å². The van der Waals surface area contributed by atoms with Gasteiger partial charge in [0.25, 0.3) is 0 Å². The predicted octanol–water partition coefficient (Wildman–Crippen LogP) is 1.84. The second kappa shape index (κ2) is 6.36. The molecule has 5 nitrogen and oxygen atoms in total. The summed E-state index contributed by atoms with van der Waals surface area (Å²) in [6.45, 7) is 5.52. The van der Waals surface area contributed by atoms with Crippen molar-refractivity contribution in [1.82, 2.24) is 9.38 Å². The number of aliphatic hydroxyl groups excluding tert-OH is 1. The van der Waals surface area contributed by atoms with Crippen molar-refractivity contribution in [3.8, 4) is 0 Å². The molecule has 0 unspecified atom stereocenters. The minimum Gasteiger partial charge on any atom is -0.395 e. The summed E-state index contributed by atoms with van der Waals surface area (Å²) in [6, 6.07) is 0.391. The fraction of sp³-hybridized carbons (Fsp3) is 0.615. The van der Waals surface area contributed by atoms with Crippen LogP contribution in [0, 0.1) is 0 Å². The topological polar surface area (TPSA) is 66.8 Å². The third-order valence-corrected chi connectivity index (χ3v) is 4.29. The van der Waals surface area contributed by atoms with E-state index in [-0.39, 0.29) is 6.61 Å². The van der Waals surface area contributed by atoms with E-state index in [2.05, 4.69) is 18.7 Å². The summed E-state index contributed by atoms with van der Waals surface area (Å²) in [6.07, 6.45) is 4.07. The van der Waals surface area contributed by atoms with Gasteiger partial charge in [-0.3, -0.25) is 4.40 Å². The van der Waals surface area contributed by atoms with Gasteiger partial charge in [-0.15, -0.1) is 11.3 Å². The Hall–Kier alpha value is -1.11. The Kier molecular flexibility index (Phi) is 4.79. The SMILES string of the molecule is CCC(CC)N(CCO)c1nc2sccn2c1CN. The van der Waals surface area contributed by atoms with Crippen LogP contribution in [0.3, 0.4) is 0 Å². The van der Waals surface area contributed by atoms with E-state index in [1.807, 2.05) is 16.0 Å². The van der Waals surface area contributed by atoms with Crippen molar-refractivity contribution in [2.75, 3.05) is 18.1 Å². The van der Waals surface area contributed by atoms with E-state index >= 15 is 0 Å². The molecule has 0 amide bonds. The number of imidazole rings is 1. The second-order valence-corrected chi connectivity index (χ2v) is 5.40. The molecule has 0 spiro atoms. The van der Waals surface area contributed by atoms with E-state index in [9.17, 15) is 5.11 Å². The number of nitrogens with two attached hydrogens (primary N) is 1. The number of rotatable bonds is 7. The van der Waals surface area contributed by atoms with Crippen LogP contribution in [-0.4, -0.2) is 33.7 Å². The van der Waals surface area contributed by atoms with Crippen LogP contribution >= 0.6 is 11.3 Å². The van der Waals surface area contributed by atoms with Crippen molar-refractivity contribution in [2.45, 2.75) is 39.3 Å². The summed E-state index contributed by atoms with van der Waals surface area (Å²) in [4.78, 5) is 7.85. The molecule has 6 heteroatoms. The highest BCUT2D eigenvalue weighted by Crippen LogP contribution is 2.27. The zero-order valence-corrected chi connectivity index (χ0v) is 12.4. The summed E-state index contributed by atoms with van der Waals surface area (Å²) >= 11 is 1.61. The maximum atomic E-state index is 9.32. The van der Waals surface area contributed by atoms with E-state index < -0.39 is 0 Å². The van der Waals surface area contributed by atoms with Crippen LogP contribution in [0.1, 0.15) is 32.4 Å². The molecule has 2 aromatic heterocycles. The maximum absolute atomic E-state index is 9.32. The largest absolute Gasteiger partial charge is 0.395 e. The lowest BCUT2D eigenvalue weighted by Crippen LogP contribution is -2.38. The van der Waals surface area contributed by atoms with E-state index in [4.69, 9.17) is 10.7 Å². The normalized spacial score (nSPS) is 11.6. The first-order chi connectivity index (χ1) is 9.26. The number of thiazole rings is 1. The Balaban J connectivity index is 2.45. The highest BCUT2D eigenvalue weighted by Gasteiger charge is 2.22. The molecule has 0 aliphatic heterocycles. The zero-order valence-electron chi connectivity index (χ0n) is 11.5. The third-order valence-electron chi connectivity index (χ3n) is 3.53. The summed E-state index contributed by atoms with van der Waals surface area (Å²) in [5.41, 5.74) is 6.92. The molecule has 0 saturated heterocycles. The maximum Gasteiger partial charge on any atom is 0.195 e. The Labute approximate surface area is 117 Å². The second-order valence-electron chi connectivity index (χ2n) is 4.53. The average molecular weight is 282 g/mol. The first-order valence-electron chi connectivity index (χ1n) is 6.78. The third kappa shape index (κ3) is 2.61. The number of aromatic nitrogens is 2. The minimum atomic E-state index is 0.131. The number of anilines is 1. The molecule has 0 atom stereocenters. The summed E-state index contributed by atoms with van der Waals surface area (Å²) < 4.78 is 2.05. The zero-order chi connectivity index (χ0) is 13.8. The Morgan fingerprint density at radius 2 is 2.21 bits per heavy atom. The lowest BCUT2D eigenvalue weighted by Gasteiger charge is -2.31. The van der Waals surface area contributed by atoms with Crippen molar-refractivity contribution in [3.05, 3.63) is 17.3 Å². The van der Waals surface area contributed by atoms with Gasteiger partial charge in [0.1, 0.15) is 0 Å². The number of nitrogens with zero attached hydrogens (tertiary/aromatic N) is 3. The van der Waals surface area contributed by atoms with Gasteiger partial charge in [-0.05, 0) is 12.8 Å². The van der Waals surface area contributed by atoms with Crippen LogP contribution in [0.25, 0.3) is 4.96 Å². The lowest BCUT2D eigenvalue weighted by molar-refractivity contribution is 0.295. The van der Waals surface area contributed by atoms with E-state index in [0.29, 0.717) is 19.1 Å². The van der Waals surface area contributed by atoms with E-state index in [1.165, 1.54) is 0 Å². The fourth-order valence-corrected chi connectivity index (χ4v) is 3.27. The molecule has 2 aromatic rings. The minimum absolute atomic E-state index is 0.131. The summed E-state index contributed by atoms with van der Waals surface area (Å²) in [5, 5.41) is 11.3. The molecule has 0 aliphatic carbocycles. The van der Waals surface area contributed by atoms with Crippen molar-refractivity contribution >= 4 is 22.1 Å². The van der Waals surface area contributed by atoms with Crippen LogP contribution in [0.15, 0.2) is 11.6 Å². The smallest absolute Gasteiger partial charge is 0.195 e. The molecule has 2 rings (SSSR count).